The Hall–Kier alpha value is -4.06. The van der Waals surface area contributed by atoms with Crippen molar-refractivity contribution in [3.05, 3.63) is 102 Å². The van der Waals surface area contributed by atoms with Gasteiger partial charge in [-0.05, 0) is 48.6 Å². The molecule has 1 fully saturated rings. The van der Waals surface area contributed by atoms with Crippen LogP contribution in [-0.4, -0.2) is 37.1 Å². The van der Waals surface area contributed by atoms with Crippen molar-refractivity contribution in [1.82, 2.24) is 10.2 Å². The molecule has 4 rings (SSSR count). The number of urea groups is 1. The quantitative estimate of drug-likeness (QED) is 0.319. The van der Waals surface area contributed by atoms with Crippen LogP contribution in [0.25, 0.3) is 6.08 Å². The van der Waals surface area contributed by atoms with Crippen LogP contribution in [0.2, 0.25) is 0 Å². The number of allylic oxidation sites excluding steroid dienone is 1. The van der Waals surface area contributed by atoms with Gasteiger partial charge in [0.1, 0.15) is 0 Å². The Morgan fingerprint density at radius 3 is 2.14 bits per heavy atom. The third-order valence-electron chi connectivity index (χ3n) is 6.10. The summed E-state index contributed by atoms with van der Waals surface area (Å²) < 4.78 is 11.3. The third kappa shape index (κ3) is 4.92. The number of nitrogens with zero attached hydrogens (tertiary/aromatic N) is 1. The summed E-state index contributed by atoms with van der Waals surface area (Å²) >= 11 is 0. The Labute approximate surface area is 206 Å². The fraction of sp³-hybridized carbons (Fsp3) is 0.241. The molecule has 1 saturated heterocycles. The highest BCUT2D eigenvalue weighted by Crippen LogP contribution is 2.36. The normalized spacial score (nSPS) is 14.9. The monoisotopic (exact) mass is 470 g/mol. The van der Waals surface area contributed by atoms with E-state index in [1.807, 2.05) is 97.9 Å². The molecule has 0 unspecified atom stereocenters. The lowest BCUT2D eigenvalue weighted by molar-refractivity contribution is -0.130. The molecule has 3 amide bonds. The van der Waals surface area contributed by atoms with Gasteiger partial charge >= 0.3 is 6.03 Å². The number of nitrogens with one attached hydrogen (secondary N) is 1. The van der Waals surface area contributed by atoms with Gasteiger partial charge in [-0.1, -0.05) is 78.9 Å². The Bertz CT molecular complexity index is 1150. The van der Waals surface area contributed by atoms with Gasteiger partial charge in [-0.25, -0.2) is 4.79 Å². The topological polar surface area (TPSA) is 67.9 Å². The van der Waals surface area contributed by atoms with Gasteiger partial charge in [0.05, 0.1) is 13.7 Å². The van der Waals surface area contributed by atoms with E-state index < -0.39 is 5.54 Å². The molecule has 35 heavy (non-hydrogen) atoms. The van der Waals surface area contributed by atoms with Crippen LogP contribution < -0.4 is 14.8 Å². The van der Waals surface area contributed by atoms with Crippen LogP contribution >= 0.6 is 0 Å². The highest BCUT2D eigenvalue weighted by molar-refractivity contribution is 6.09. The minimum atomic E-state index is -1.22. The van der Waals surface area contributed by atoms with Crippen molar-refractivity contribution in [2.24, 2.45) is 0 Å². The van der Waals surface area contributed by atoms with Gasteiger partial charge in [-0.3, -0.25) is 9.69 Å². The summed E-state index contributed by atoms with van der Waals surface area (Å²) in [6, 6.07) is 24.2. The van der Waals surface area contributed by atoms with Crippen LogP contribution in [0.1, 0.15) is 36.5 Å². The van der Waals surface area contributed by atoms with E-state index in [4.69, 9.17) is 9.47 Å². The van der Waals surface area contributed by atoms with Crippen molar-refractivity contribution in [1.29, 1.82) is 0 Å². The maximum absolute atomic E-state index is 13.7. The number of methoxy groups -OCH3 is 1. The van der Waals surface area contributed by atoms with Crippen LogP contribution in [0.5, 0.6) is 11.5 Å². The predicted molar refractivity (Wildman–Crippen MR) is 136 cm³/mol. The molecule has 0 spiro atoms. The van der Waals surface area contributed by atoms with Crippen molar-refractivity contribution in [3.8, 4) is 11.5 Å². The lowest BCUT2D eigenvalue weighted by atomic mass is 9.82. The smallest absolute Gasteiger partial charge is 0.325 e. The van der Waals surface area contributed by atoms with Crippen molar-refractivity contribution in [2.45, 2.75) is 25.3 Å². The summed E-state index contributed by atoms with van der Waals surface area (Å²) in [6.07, 6.45) is 5.27. The number of carbonyl (C=O) groups is 2. The Morgan fingerprint density at radius 1 is 0.886 bits per heavy atom. The summed E-state index contributed by atoms with van der Waals surface area (Å²) in [7, 11) is 1.62. The third-order valence-corrected chi connectivity index (χ3v) is 6.10. The fourth-order valence-corrected chi connectivity index (χ4v) is 4.37. The lowest BCUT2D eigenvalue weighted by Gasteiger charge is -2.28. The Kier molecular flexibility index (Phi) is 7.51. The first kappa shape index (κ1) is 24.1. The Balaban J connectivity index is 1.41. The summed E-state index contributed by atoms with van der Waals surface area (Å²) in [5, 5.41) is 2.98. The minimum absolute atomic E-state index is 0.262. The minimum Gasteiger partial charge on any atom is -0.493 e. The van der Waals surface area contributed by atoms with Crippen LogP contribution in [0.15, 0.2) is 84.9 Å². The van der Waals surface area contributed by atoms with Crippen LogP contribution in [0.3, 0.4) is 0 Å². The van der Waals surface area contributed by atoms with Gasteiger partial charge in [0, 0.05) is 6.54 Å². The molecule has 0 radical (unpaired) electrons. The number of carbonyl (C=O) groups excluding carboxylic acids is 2. The number of hydrogen-bond donors (Lipinski definition) is 1. The van der Waals surface area contributed by atoms with Crippen LogP contribution in [0.4, 0.5) is 4.79 Å². The summed E-state index contributed by atoms with van der Waals surface area (Å²) in [5.74, 6) is 1.08. The molecule has 1 aliphatic heterocycles. The first-order valence-electron chi connectivity index (χ1n) is 11.8. The highest BCUT2D eigenvalue weighted by atomic mass is 16.5. The van der Waals surface area contributed by atoms with E-state index in [1.54, 1.807) is 7.11 Å². The second-order valence-electron chi connectivity index (χ2n) is 8.33. The van der Waals surface area contributed by atoms with E-state index in [1.165, 1.54) is 4.90 Å². The average molecular weight is 471 g/mol. The zero-order chi connectivity index (χ0) is 24.7. The standard InChI is InChI=1S/C29H30N2O4/c1-3-12-22-17-18-25(26(21-22)34-2)35-20-11-10-19-31-27(32)29(30-28(31)33,23-13-6-4-7-14-23)24-15-8-5-9-16-24/h3-9,12-18,21H,10-11,19-20H2,1-2H3,(H,30,33)/b12-3+. The molecular weight excluding hydrogens is 440 g/mol. The first-order chi connectivity index (χ1) is 17.1. The maximum Gasteiger partial charge on any atom is 0.325 e. The number of rotatable bonds is 10. The SMILES string of the molecule is C/C=C/c1ccc(OCCCCN2C(=O)NC(c3ccccc3)(c3ccccc3)C2=O)c(OC)c1. The van der Waals surface area contributed by atoms with E-state index in [9.17, 15) is 9.59 Å². The van der Waals surface area contributed by atoms with Gasteiger partial charge in [-0.2, -0.15) is 0 Å². The molecule has 0 aromatic heterocycles. The van der Waals surface area contributed by atoms with Crippen molar-refractivity contribution in [3.63, 3.8) is 0 Å². The molecule has 180 valence electrons. The van der Waals surface area contributed by atoms with E-state index in [-0.39, 0.29) is 11.9 Å². The van der Waals surface area contributed by atoms with Crippen LogP contribution in [0, 0.1) is 0 Å². The maximum atomic E-state index is 13.7. The number of benzene rings is 3. The van der Waals surface area contributed by atoms with E-state index in [0.29, 0.717) is 37.5 Å². The predicted octanol–water partition coefficient (Wildman–Crippen LogP) is 5.38. The molecule has 3 aromatic rings. The second-order valence-corrected chi connectivity index (χ2v) is 8.33. The number of amides is 3. The number of imide groups is 1. The molecule has 1 heterocycles. The van der Waals surface area contributed by atoms with Gasteiger partial charge in [0.25, 0.3) is 5.91 Å². The Morgan fingerprint density at radius 2 is 1.54 bits per heavy atom. The van der Waals surface area contributed by atoms with Crippen LogP contribution in [-0.2, 0) is 10.3 Å². The van der Waals surface area contributed by atoms with Crippen molar-refractivity contribution in [2.75, 3.05) is 20.3 Å². The first-order valence-corrected chi connectivity index (χ1v) is 11.8. The summed E-state index contributed by atoms with van der Waals surface area (Å²) in [6.45, 7) is 2.73. The number of unbranched alkanes of at least 4 members (excludes halogenated alkanes) is 1. The van der Waals surface area contributed by atoms with E-state index >= 15 is 0 Å². The molecule has 3 aromatic carbocycles. The van der Waals surface area contributed by atoms with Gasteiger partial charge in [-0.15, -0.1) is 0 Å². The average Bonchev–Trinajstić information content (AvgIpc) is 3.16. The number of ether oxygens (including phenoxy) is 2. The van der Waals surface area contributed by atoms with Crippen molar-refractivity contribution < 1.29 is 19.1 Å². The summed E-state index contributed by atoms with van der Waals surface area (Å²) in [4.78, 5) is 27.9. The molecule has 0 aliphatic carbocycles. The molecular formula is C29H30N2O4. The molecule has 6 nitrogen and oxygen atoms in total. The molecule has 1 N–H and O–H groups in total. The lowest BCUT2D eigenvalue weighted by Crippen LogP contribution is -2.45. The zero-order valence-corrected chi connectivity index (χ0v) is 20.1. The second kappa shape index (κ2) is 10.9. The van der Waals surface area contributed by atoms with Gasteiger partial charge in [0.15, 0.2) is 17.0 Å². The summed E-state index contributed by atoms with van der Waals surface area (Å²) in [5.41, 5.74) is 1.29. The highest BCUT2D eigenvalue weighted by Gasteiger charge is 2.53. The molecule has 0 bridgehead atoms. The largest absolute Gasteiger partial charge is 0.493 e. The van der Waals surface area contributed by atoms with Gasteiger partial charge < -0.3 is 14.8 Å². The van der Waals surface area contributed by atoms with Gasteiger partial charge in [0.2, 0.25) is 0 Å². The van der Waals surface area contributed by atoms with Crippen molar-refractivity contribution >= 4 is 18.0 Å². The van der Waals surface area contributed by atoms with E-state index in [2.05, 4.69) is 5.32 Å². The molecule has 0 saturated carbocycles. The van der Waals surface area contributed by atoms with E-state index in [0.717, 1.165) is 16.7 Å². The molecule has 0 atom stereocenters. The zero-order valence-electron chi connectivity index (χ0n) is 20.1. The number of hydrogen-bond acceptors (Lipinski definition) is 4. The molecule has 1 aliphatic rings. The fourth-order valence-electron chi connectivity index (χ4n) is 4.37. The molecule has 6 heteroatoms.